The first-order valence-electron chi connectivity index (χ1n) is 9.44. The van der Waals surface area contributed by atoms with Crippen molar-refractivity contribution in [3.8, 4) is 5.75 Å². The predicted molar refractivity (Wildman–Crippen MR) is 125 cm³/mol. The summed E-state index contributed by atoms with van der Waals surface area (Å²) >= 11 is 9.29. The summed E-state index contributed by atoms with van der Waals surface area (Å²) in [6.07, 6.45) is 1.95. The molecule has 0 aliphatic carbocycles. The molecule has 30 heavy (non-hydrogen) atoms. The molecule has 1 aromatic heterocycles. The van der Waals surface area contributed by atoms with E-state index in [1.807, 2.05) is 41.8 Å². The van der Waals surface area contributed by atoms with Crippen LogP contribution in [0.25, 0.3) is 6.08 Å². The van der Waals surface area contributed by atoms with Gasteiger partial charge in [0.15, 0.2) is 11.7 Å². The SMILES string of the molecule is O=C(COc1ccccc1Cl)N1CCS/C1=C/c1csc(NCc2ccccc2)n1. The fourth-order valence-corrected chi connectivity index (χ4v) is 4.80. The van der Waals surface area contributed by atoms with Gasteiger partial charge < -0.3 is 15.0 Å². The molecule has 1 aliphatic heterocycles. The third-order valence-corrected chi connectivity index (χ3v) is 6.55. The van der Waals surface area contributed by atoms with Gasteiger partial charge in [-0.05, 0) is 23.8 Å². The molecule has 4 rings (SSSR count). The fourth-order valence-electron chi connectivity index (χ4n) is 2.91. The van der Waals surface area contributed by atoms with Gasteiger partial charge >= 0.3 is 0 Å². The van der Waals surface area contributed by atoms with E-state index in [1.165, 1.54) is 5.56 Å². The van der Waals surface area contributed by atoms with E-state index in [4.69, 9.17) is 16.3 Å². The number of carbonyl (C=O) groups is 1. The summed E-state index contributed by atoms with van der Waals surface area (Å²) in [6.45, 7) is 1.33. The number of para-hydroxylation sites is 1. The molecule has 3 aromatic rings. The Morgan fingerprint density at radius 2 is 2.00 bits per heavy atom. The van der Waals surface area contributed by atoms with Crippen molar-refractivity contribution in [3.05, 3.63) is 81.3 Å². The van der Waals surface area contributed by atoms with E-state index >= 15 is 0 Å². The van der Waals surface area contributed by atoms with Crippen molar-refractivity contribution >= 4 is 51.8 Å². The van der Waals surface area contributed by atoms with Gasteiger partial charge in [0.25, 0.3) is 5.91 Å². The fraction of sp³-hybridized carbons (Fsp3) is 0.182. The van der Waals surface area contributed by atoms with E-state index in [-0.39, 0.29) is 12.5 Å². The molecule has 0 bridgehead atoms. The van der Waals surface area contributed by atoms with Crippen molar-refractivity contribution in [3.63, 3.8) is 0 Å². The number of benzene rings is 2. The molecule has 0 spiro atoms. The lowest BCUT2D eigenvalue weighted by atomic mass is 10.2. The minimum atomic E-state index is -0.0937. The first-order chi connectivity index (χ1) is 14.7. The first-order valence-corrected chi connectivity index (χ1v) is 11.7. The molecular formula is C22H20ClN3O2S2. The van der Waals surface area contributed by atoms with E-state index in [9.17, 15) is 4.79 Å². The van der Waals surface area contributed by atoms with Crippen LogP contribution in [0.3, 0.4) is 0 Å². The second-order valence-electron chi connectivity index (χ2n) is 6.51. The number of hydrogen-bond donors (Lipinski definition) is 1. The van der Waals surface area contributed by atoms with E-state index in [1.54, 1.807) is 40.1 Å². The smallest absolute Gasteiger partial charge is 0.265 e. The zero-order valence-electron chi connectivity index (χ0n) is 16.1. The van der Waals surface area contributed by atoms with Crippen molar-refractivity contribution in [1.29, 1.82) is 0 Å². The Bertz CT molecular complexity index is 1040. The Hall–Kier alpha value is -2.48. The van der Waals surface area contributed by atoms with Crippen molar-refractivity contribution in [1.82, 2.24) is 9.88 Å². The highest BCUT2D eigenvalue weighted by molar-refractivity contribution is 8.03. The van der Waals surface area contributed by atoms with Crippen LogP contribution in [0.15, 0.2) is 65.0 Å². The van der Waals surface area contributed by atoms with Gasteiger partial charge in [-0.3, -0.25) is 4.79 Å². The van der Waals surface area contributed by atoms with E-state index in [0.717, 1.165) is 28.2 Å². The minimum absolute atomic E-state index is 0.0530. The average molecular weight is 458 g/mol. The highest BCUT2D eigenvalue weighted by atomic mass is 35.5. The van der Waals surface area contributed by atoms with Crippen LogP contribution in [0.1, 0.15) is 11.3 Å². The number of thiazole rings is 1. The third kappa shape index (κ3) is 5.36. The standard InChI is InChI=1S/C22H20ClN3O2S2/c23-18-8-4-5-9-19(18)28-14-20(27)26-10-11-29-21(26)12-17-15-30-22(25-17)24-13-16-6-2-1-3-7-16/h1-9,12,15H,10-11,13-14H2,(H,24,25)/b21-12+. The summed E-state index contributed by atoms with van der Waals surface area (Å²) in [4.78, 5) is 19.0. The molecule has 8 heteroatoms. The van der Waals surface area contributed by atoms with Gasteiger partial charge in [-0.25, -0.2) is 4.98 Å². The van der Waals surface area contributed by atoms with Crippen LogP contribution < -0.4 is 10.1 Å². The first kappa shape index (κ1) is 20.8. The summed E-state index contributed by atoms with van der Waals surface area (Å²) in [5.74, 6) is 1.27. The average Bonchev–Trinajstić information content (AvgIpc) is 3.42. The Balaban J connectivity index is 1.36. The Kier molecular flexibility index (Phi) is 6.94. The lowest BCUT2D eigenvalue weighted by Crippen LogP contribution is -2.31. The van der Waals surface area contributed by atoms with Crippen LogP contribution in [0.2, 0.25) is 5.02 Å². The molecule has 1 fully saturated rings. The number of nitrogens with zero attached hydrogens (tertiary/aromatic N) is 2. The second kappa shape index (κ2) is 10.0. The summed E-state index contributed by atoms with van der Waals surface area (Å²) in [6, 6.07) is 17.3. The number of rotatable bonds is 7. The molecule has 2 aromatic carbocycles. The van der Waals surface area contributed by atoms with Crippen LogP contribution in [-0.2, 0) is 11.3 Å². The van der Waals surface area contributed by atoms with Gasteiger partial charge in [0.1, 0.15) is 5.75 Å². The highest BCUT2D eigenvalue weighted by Crippen LogP contribution is 2.31. The number of thioether (sulfide) groups is 1. The number of amides is 1. The topological polar surface area (TPSA) is 54.5 Å². The largest absolute Gasteiger partial charge is 0.482 e. The van der Waals surface area contributed by atoms with Gasteiger partial charge in [0, 0.05) is 24.2 Å². The quantitative estimate of drug-likeness (QED) is 0.517. The molecule has 154 valence electrons. The number of aromatic nitrogens is 1. The zero-order valence-corrected chi connectivity index (χ0v) is 18.5. The number of hydrogen-bond acceptors (Lipinski definition) is 6. The Labute approximate surface area is 188 Å². The second-order valence-corrected chi connectivity index (χ2v) is 8.89. The maximum Gasteiger partial charge on any atom is 0.265 e. The molecule has 1 aliphatic rings. The van der Waals surface area contributed by atoms with Gasteiger partial charge in [0.2, 0.25) is 0 Å². The van der Waals surface area contributed by atoms with Gasteiger partial charge in [-0.15, -0.1) is 23.1 Å². The van der Waals surface area contributed by atoms with Crippen LogP contribution in [-0.4, -0.2) is 34.7 Å². The lowest BCUT2D eigenvalue weighted by molar-refractivity contribution is -0.130. The molecule has 0 unspecified atom stereocenters. The normalized spacial score (nSPS) is 14.8. The van der Waals surface area contributed by atoms with Crippen LogP contribution in [0.5, 0.6) is 5.75 Å². The maximum atomic E-state index is 12.7. The van der Waals surface area contributed by atoms with E-state index in [2.05, 4.69) is 22.4 Å². The number of ether oxygens (including phenoxy) is 1. The minimum Gasteiger partial charge on any atom is -0.482 e. The molecule has 1 saturated heterocycles. The number of nitrogens with one attached hydrogen (secondary N) is 1. The summed E-state index contributed by atoms with van der Waals surface area (Å²) in [5.41, 5.74) is 2.04. The summed E-state index contributed by atoms with van der Waals surface area (Å²) in [7, 11) is 0. The third-order valence-electron chi connectivity index (χ3n) is 4.40. The number of anilines is 1. The molecule has 0 atom stereocenters. The predicted octanol–water partition coefficient (Wildman–Crippen LogP) is 5.36. The summed E-state index contributed by atoms with van der Waals surface area (Å²) < 4.78 is 5.60. The number of halogens is 1. The molecule has 1 amide bonds. The molecule has 1 N–H and O–H groups in total. The Morgan fingerprint density at radius 3 is 2.83 bits per heavy atom. The van der Waals surface area contributed by atoms with Crippen molar-refractivity contribution < 1.29 is 9.53 Å². The number of carbonyl (C=O) groups excluding carboxylic acids is 1. The molecular weight excluding hydrogens is 438 g/mol. The molecule has 5 nitrogen and oxygen atoms in total. The van der Waals surface area contributed by atoms with Crippen LogP contribution >= 0.6 is 34.7 Å². The van der Waals surface area contributed by atoms with E-state index in [0.29, 0.717) is 17.3 Å². The molecule has 0 saturated carbocycles. The summed E-state index contributed by atoms with van der Waals surface area (Å²) in [5, 5.41) is 7.57. The van der Waals surface area contributed by atoms with Gasteiger partial charge in [-0.1, -0.05) is 54.1 Å². The lowest BCUT2D eigenvalue weighted by Gasteiger charge is -2.17. The molecule has 2 heterocycles. The maximum absolute atomic E-state index is 12.7. The van der Waals surface area contributed by atoms with Gasteiger partial charge in [-0.2, -0.15) is 0 Å². The van der Waals surface area contributed by atoms with Crippen molar-refractivity contribution in [2.75, 3.05) is 24.2 Å². The molecule has 0 radical (unpaired) electrons. The van der Waals surface area contributed by atoms with Crippen LogP contribution in [0.4, 0.5) is 5.13 Å². The monoisotopic (exact) mass is 457 g/mol. The van der Waals surface area contributed by atoms with Crippen molar-refractivity contribution in [2.24, 2.45) is 0 Å². The van der Waals surface area contributed by atoms with Gasteiger partial charge in [0.05, 0.1) is 15.7 Å². The van der Waals surface area contributed by atoms with E-state index < -0.39 is 0 Å². The Morgan fingerprint density at radius 1 is 1.20 bits per heavy atom. The van der Waals surface area contributed by atoms with Crippen LogP contribution in [0, 0.1) is 0 Å². The zero-order chi connectivity index (χ0) is 20.8. The van der Waals surface area contributed by atoms with Crippen molar-refractivity contribution in [2.45, 2.75) is 6.54 Å². The highest BCUT2D eigenvalue weighted by Gasteiger charge is 2.25.